The molecule has 1 fully saturated rings. The fourth-order valence-electron chi connectivity index (χ4n) is 5.27. The molecule has 0 spiro atoms. The molecule has 0 amide bonds. The molecule has 0 aliphatic heterocycles. The highest BCUT2D eigenvalue weighted by molar-refractivity contribution is 5.28. The SMILES string of the molecule is CCCCCCCCCC(OCC)(OCC)C1CCCC(c2c(F)c(F)c(F)c(F)c2F)C1. The molecule has 1 aromatic rings. The lowest BCUT2D eigenvalue weighted by molar-refractivity contribution is -0.273. The summed E-state index contributed by atoms with van der Waals surface area (Å²) < 4.78 is 82.5. The van der Waals surface area contributed by atoms with Gasteiger partial charge in [0.05, 0.1) is 0 Å². The number of halogens is 5. The van der Waals surface area contributed by atoms with E-state index in [2.05, 4.69) is 6.92 Å². The Hall–Kier alpha value is -1.21. The lowest BCUT2D eigenvalue weighted by Crippen LogP contribution is -2.46. The second-order valence-electron chi connectivity index (χ2n) is 9.09. The molecule has 0 radical (unpaired) electrons. The molecular weight excluding hydrogens is 439 g/mol. The maximum absolute atomic E-state index is 14.5. The molecule has 1 aliphatic carbocycles. The smallest absolute Gasteiger partial charge is 0.200 e. The first-order valence-corrected chi connectivity index (χ1v) is 12.6. The maximum atomic E-state index is 14.5. The molecule has 2 atom stereocenters. The largest absolute Gasteiger partial charge is 0.350 e. The van der Waals surface area contributed by atoms with Gasteiger partial charge in [-0.25, -0.2) is 22.0 Å². The van der Waals surface area contributed by atoms with Crippen LogP contribution in [-0.2, 0) is 9.47 Å². The molecule has 33 heavy (non-hydrogen) atoms. The minimum absolute atomic E-state index is 0.189. The monoisotopic (exact) mass is 478 g/mol. The van der Waals surface area contributed by atoms with Crippen molar-refractivity contribution in [3.8, 4) is 0 Å². The third-order valence-electron chi connectivity index (χ3n) is 6.85. The van der Waals surface area contributed by atoms with Crippen LogP contribution in [0.5, 0.6) is 0 Å². The summed E-state index contributed by atoms with van der Waals surface area (Å²) >= 11 is 0. The number of ether oxygens (including phenoxy) is 2. The van der Waals surface area contributed by atoms with Gasteiger partial charge in [0, 0.05) is 31.1 Å². The van der Waals surface area contributed by atoms with Crippen LogP contribution in [0.4, 0.5) is 22.0 Å². The van der Waals surface area contributed by atoms with Gasteiger partial charge in [-0.2, -0.15) is 0 Å². The van der Waals surface area contributed by atoms with Crippen LogP contribution in [0.15, 0.2) is 0 Å². The molecule has 0 bridgehead atoms. The maximum Gasteiger partial charge on any atom is 0.200 e. The highest BCUT2D eigenvalue weighted by Crippen LogP contribution is 2.46. The topological polar surface area (TPSA) is 18.5 Å². The van der Waals surface area contributed by atoms with Crippen molar-refractivity contribution in [1.29, 1.82) is 0 Å². The van der Waals surface area contributed by atoms with E-state index in [1.807, 2.05) is 13.8 Å². The molecule has 0 saturated heterocycles. The fourth-order valence-corrected chi connectivity index (χ4v) is 5.27. The van der Waals surface area contributed by atoms with Gasteiger partial charge in [-0.15, -0.1) is 0 Å². The molecular formula is C26H39F5O2. The molecule has 0 N–H and O–H groups in total. The second-order valence-corrected chi connectivity index (χ2v) is 9.09. The zero-order chi connectivity index (χ0) is 24.4. The number of unbranched alkanes of at least 4 members (excludes halogenated alkanes) is 6. The van der Waals surface area contributed by atoms with E-state index >= 15 is 0 Å². The summed E-state index contributed by atoms with van der Waals surface area (Å²) in [4.78, 5) is 0. The van der Waals surface area contributed by atoms with Gasteiger partial charge in [0.1, 0.15) is 0 Å². The van der Waals surface area contributed by atoms with Crippen LogP contribution in [0.3, 0.4) is 0 Å². The second kappa shape index (κ2) is 13.6. The number of hydrogen-bond donors (Lipinski definition) is 0. The molecule has 1 saturated carbocycles. The summed E-state index contributed by atoms with van der Waals surface area (Å²) in [5, 5.41) is 0. The van der Waals surface area contributed by atoms with Crippen LogP contribution >= 0.6 is 0 Å². The predicted molar refractivity (Wildman–Crippen MR) is 120 cm³/mol. The highest BCUT2D eigenvalue weighted by Gasteiger charge is 2.44. The molecule has 0 heterocycles. The van der Waals surface area contributed by atoms with Gasteiger partial charge in [-0.05, 0) is 45.4 Å². The van der Waals surface area contributed by atoms with Gasteiger partial charge in [0.25, 0.3) is 0 Å². The lowest BCUT2D eigenvalue weighted by Gasteiger charge is -2.44. The van der Waals surface area contributed by atoms with E-state index in [9.17, 15) is 22.0 Å². The van der Waals surface area contributed by atoms with Crippen LogP contribution in [0.1, 0.15) is 109 Å². The average molecular weight is 479 g/mol. The Morgan fingerprint density at radius 3 is 1.76 bits per heavy atom. The van der Waals surface area contributed by atoms with Crippen molar-refractivity contribution in [1.82, 2.24) is 0 Å². The van der Waals surface area contributed by atoms with Crippen molar-refractivity contribution in [3.63, 3.8) is 0 Å². The third kappa shape index (κ3) is 6.91. The van der Waals surface area contributed by atoms with Crippen LogP contribution in [0.25, 0.3) is 0 Å². The van der Waals surface area contributed by atoms with Gasteiger partial charge in [-0.3, -0.25) is 0 Å². The van der Waals surface area contributed by atoms with E-state index in [-0.39, 0.29) is 12.3 Å². The van der Waals surface area contributed by atoms with E-state index in [0.29, 0.717) is 32.5 Å². The summed E-state index contributed by atoms with van der Waals surface area (Å²) in [6.45, 7) is 6.77. The van der Waals surface area contributed by atoms with Crippen molar-refractivity contribution >= 4 is 0 Å². The zero-order valence-corrected chi connectivity index (χ0v) is 20.3. The van der Waals surface area contributed by atoms with Crippen LogP contribution in [0.2, 0.25) is 0 Å². The Labute approximate surface area is 195 Å². The van der Waals surface area contributed by atoms with E-state index in [4.69, 9.17) is 9.47 Å². The number of hydrogen-bond acceptors (Lipinski definition) is 2. The van der Waals surface area contributed by atoms with Gasteiger partial charge in [0.15, 0.2) is 29.1 Å². The van der Waals surface area contributed by atoms with Crippen molar-refractivity contribution < 1.29 is 31.4 Å². The lowest BCUT2D eigenvalue weighted by atomic mass is 9.73. The number of rotatable bonds is 14. The van der Waals surface area contributed by atoms with Crippen molar-refractivity contribution in [2.45, 2.75) is 110 Å². The first-order valence-electron chi connectivity index (χ1n) is 12.6. The molecule has 1 aromatic carbocycles. The quantitative estimate of drug-likeness (QED) is 0.0876. The van der Waals surface area contributed by atoms with Crippen molar-refractivity contribution in [2.75, 3.05) is 13.2 Å². The Morgan fingerprint density at radius 2 is 1.21 bits per heavy atom. The highest BCUT2D eigenvalue weighted by atomic mass is 19.2. The molecule has 2 rings (SSSR count). The summed E-state index contributed by atoms with van der Waals surface area (Å²) in [5.74, 6) is -11.2. The Morgan fingerprint density at radius 1 is 0.697 bits per heavy atom. The predicted octanol–water partition coefficient (Wildman–Crippen LogP) is 8.57. The molecule has 7 heteroatoms. The summed E-state index contributed by atoms with van der Waals surface area (Å²) in [5.41, 5.74) is -0.700. The standard InChI is InChI=1S/C26H39F5O2/c1-4-7-8-9-10-11-12-16-26(32-5-2,33-6-3)19-15-13-14-18(17-19)20-21(27)23(29)25(31)24(30)22(20)28/h18-19H,4-17H2,1-3H3. The molecule has 0 aromatic heterocycles. The number of benzene rings is 1. The van der Waals surface area contributed by atoms with Gasteiger partial charge in [0.2, 0.25) is 5.82 Å². The minimum atomic E-state index is -2.11. The fraction of sp³-hybridized carbons (Fsp3) is 0.769. The Bertz CT molecular complexity index is 705. The Kier molecular flexibility index (Phi) is 11.6. The normalized spacial score (nSPS) is 19.3. The zero-order valence-electron chi connectivity index (χ0n) is 20.3. The molecule has 2 unspecified atom stereocenters. The van der Waals surface area contributed by atoms with Gasteiger partial charge < -0.3 is 9.47 Å². The Balaban J connectivity index is 2.19. The third-order valence-corrected chi connectivity index (χ3v) is 6.85. The van der Waals surface area contributed by atoms with E-state index in [1.165, 1.54) is 25.7 Å². The van der Waals surface area contributed by atoms with E-state index < -0.39 is 46.4 Å². The summed E-state index contributed by atoms with van der Waals surface area (Å²) in [6.07, 6.45) is 10.5. The average Bonchev–Trinajstić information content (AvgIpc) is 2.81. The van der Waals surface area contributed by atoms with Crippen LogP contribution in [-0.4, -0.2) is 19.0 Å². The van der Waals surface area contributed by atoms with E-state index in [1.54, 1.807) is 0 Å². The molecule has 2 nitrogen and oxygen atoms in total. The van der Waals surface area contributed by atoms with Crippen LogP contribution in [0, 0.1) is 35.0 Å². The minimum Gasteiger partial charge on any atom is -0.350 e. The van der Waals surface area contributed by atoms with Crippen molar-refractivity contribution in [2.24, 2.45) is 5.92 Å². The summed E-state index contributed by atoms with van der Waals surface area (Å²) in [7, 11) is 0. The van der Waals surface area contributed by atoms with Gasteiger partial charge >= 0.3 is 0 Å². The van der Waals surface area contributed by atoms with E-state index in [0.717, 1.165) is 25.7 Å². The summed E-state index contributed by atoms with van der Waals surface area (Å²) in [6, 6.07) is 0. The first-order chi connectivity index (χ1) is 15.8. The van der Waals surface area contributed by atoms with Crippen LogP contribution < -0.4 is 0 Å². The van der Waals surface area contributed by atoms with Crippen molar-refractivity contribution in [3.05, 3.63) is 34.6 Å². The molecule has 190 valence electrons. The first kappa shape index (κ1) is 28.0. The van der Waals surface area contributed by atoms with Gasteiger partial charge in [-0.1, -0.05) is 51.9 Å². The molecule has 1 aliphatic rings.